The Balaban J connectivity index is 1.69. The monoisotopic (exact) mass is 386 g/mol. The maximum Gasteiger partial charge on any atom is 0.0444 e. The van der Waals surface area contributed by atoms with Crippen LogP contribution in [-0.2, 0) is 6.42 Å². The lowest BCUT2D eigenvalue weighted by molar-refractivity contribution is 0.268. The number of allylic oxidation sites excluding steroid dienone is 2. The molecule has 0 atom stereocenters. The van der Waals surface area contributed by atoms with Crippen molar-refractivity contribution in [3.05, 3.63) is 88.8 Å². The van der Waals surface area contributed by atoms with Crippen molar-refractivity contribution >= 4 is 11.8 Å². The van der Waals surface area contributed by atoms with Gasteiger partial charge in [-0.2, -0.15) is 0 Å². The Morgan fingerprint density at radius 3 is 2.55 bits per heavy atom. The van der Waals surface area contributed by atoms with Crippen LogP contribution in [-0.4, -0.2) is 23.0 Å². The summed E-state index contributed by atoms with van der Waals surface area (Å²) in [6.07, 6.45) is 7.41. The molecule has 1 saturated heterocycles. The summed E-state index contributed by atoms with van der Waals surface area (Å²) in [4.78, 5) is 6.81. The van der Waals surface area contributed by atoms with Gasteiger partial charge < -0.3 is 4.90 Å². The Hall–Kier alpha value is -2.61. The number of piperidine rings is 1. The average Bonchev–Trinajstić information content (AvgIpc) is 2.71. The van der Waals surface area contributed by atoms with E-state index in [9.17, 15) is 0 Å². The summed E-state index contributed by atoms with van der Waals surface area (Å²) < 4.78 is 0. The second-order valence-electron chi connectivity index (χ2n) is 8.54. The molecule has 2 aromatic rings. The zero-order valence-corrected chi connectivity index (χ0v) is 18.5. The second-order valence-corrected chi connectivity index (χ2v) is 8.54. The molecule has 152 valence electrons. The van der Waals surface area contributed by atoms with E-state index in [0.29, 0.717) is 0 Å². The lowest BCUT2D eigenvalue weighted by Crippen LogP contribution is -2.31. The molecule has 2 heteroatoms. The molecule has 1 aliphatic rings. The van der Waals surface area contributed by atoms with Gasteiger partial charge in [-0.1, -0.05) is 38.3 Å². The van der Waals surface area contributed by atoms with E-state index in [2.05, 4.69) is 74.2 Å². The number of hydrogen-bond acceptors (Lipinski definition) is 2. The van der Waals surface area contributed by atoms with Gasteiger partial charge in [-0.3, -0.25) is 4.98 Å². The third-order valence-corrected chi connectivity index (χ3v) is 6.22. The number of rotatable bonds is 6. The van der Waals surface area contributed by atoms with Crippen molar-refractivity contribution in [1.29, 1.82) is 0 Å². The third-order valence-electron chi connectivity index (χ3n) is 6.22. The predicted octanol–water partition coefficient (Wildman–Crippen LogP) is 6.60. The topological polar surface area (TPSA) is 16.1 Å². The molecule has 29 heavy (non-hydrogen) atoms. The molecule has 3 rings (SSSR count). The third kappa shape index (κ3) is 5.26. The molecular formula is C27H34N2. The quantitative estimate of drug-likeness (QED) is 0.520. The molecule has 2 heterocycles. The molecule has 2 nitrogen and oxygen atoms in total. The fourth-order valence-corrected chi connectivity index (χ4v) is 3.89. The van der Waals surface area contributed by atoms with E-state index in [1.54, 1.807) is 0 Å². The molecule has 1 aromatic carbocycles. The van der Waals surface area contributed by atoms with Crippen molar-refractivity contribution in [1.82, 2.24) is 9.88 Å². The maximum absolute atomic E-state index is 4.38. The van der Waals surface area contributed by atoms with Gasteiger partial charge in [0.2, 0.25) is 0 Å². The molecule has 0 unspecified atom stereocenters. The molecular weight excluding hydrogens is 352 g/mol. The maximum atomic E-state index is 4.38. The molecule has 1 aromatic heterocycles. The minimum Gasteiger partial charge on any atom is -0.372 e. The summed E-state index contributed by atoms with van der Waals surface area (Å²) in [5.41, 5.74) is 9.59. The van der Waals surface area contributed by atoms with Crippen molar-refractivity contribution in [2.24, 2.45) is 5.92 Å². The molecule has 1 aliphatic heterocycles. The van der Waals surface area contributed by atoms with E-state index in [1.165, 1.54) is 35.1 Å². The standard InChI is InChI=1S/C27H34N2/c1-19-11-14-29(15-12-19)24(6)27-10-9-25(22(4)18-27)16-20(2)21(3)17-26-8-7-13-28-23(26)5/h7-10,13,17-19H,2,6,11-12,14-16H2,1,3-5H3/b21-17+. The first-order chi connectivity index (χ1) is 13.8. The van der Waals surface area contributed by atoms with Gasteiger partial charge in [-0.05, 0) is 97.6 Å². The van der Waals surface area contributed by atoms with E-state index in [1.807, 2.05) is 19.2 Å². The van der Waals surface area contributed by atoms with Gasteiger partial charge in [0.25, 0.3) is 0 Å². The van der Waals surface area contributed by atoms with Crippen LogP contribution >= 0.6 is 0 Å². The molecule has 0 N–H and O–H groups in total. The fraction of sp³-hybridized carbons (Fsp3) is 0.370. The summed E-state index contributed by atoms with van der Waals surface area (Å²) in [6.45, 7) is 19.7. The summed E-state index contributed by atoms with van der Waals surface area (Å²) in [7, 11) is 0. The summed E-state index contributed by atoms with van der Waals surface area (Å²) in [5, 5.41) is 0. The van der Waals surface area contributed by atoms with Crippen LogP contribution < -0.4 is 0 Å². The van der Waals surface area contributed by atoms with E-state index in [-0.39, 0.29) is 0 Å². The second kappa shape index (κ2) is 9.26. The first-order valence-corrected chi connectivity index (χ1v) is 10.7. The van der Waals surface area contributed by atoms with Crippen LogP contribution in [0.15, 0.2) is 60.8 Å². The zero-order chi connectivity index (χ0) is 21.0. The predicted molar refractivity (Wildman–Crippen MR) is 126 cm³/mol. The molecule has 0 saturated carbocycles. The Bertz CT molecular complexity index is 927. The van der Waals surface area contributed by atoms with Gasteiger partial charge in [0.1, 0.15) is 0 Å². The lowest BCUT2D eigenvalue weighted by Gasteiger charge is -2.33. The number of pyridine rings is 1. The van der Waals surface area contributed by atoms with Crippen molar-refractivity contribution in [3.63, 3.8) is 0 Å². The molecule has 0 radical (unpaired) electrons. The molecule has 0 bridgehead atoms. The van der Waals surface area contributed by atoms with Crippen LogP contribution in [0.5, 0.6) is 0 Å². The first-order valence-electron chi connectivity index (χ1n) is 10.7. The number of aromatic nitrogens is 1. The lowest BCUT2D eigenvalue weighted by atomic mass is 9.93. The highest BCUT2D eigenvalue weighted by molar-refractivity contribution is 5.64. The van der Waals surface area contributed by atoms with E-state index in [0.717, 1.165) is 48.0 Å². The number of benzene rings is 1. The van der Waals surface area contributed by atoms with Crippen molar-refractivity contribution in [3.8, 4) is 0 Å². The Kier molecular flexibility index (Phi) is 6.74. The average molecular weight is 387 g/mol. The molecule has 0 aliphatic carbocycles. The number of aryl methyl sites for hydroxylation is 2. The van der Waals surface area contributed by atoms with Crippen LogP contribution in [0.1, 0.15) is 54.6 Å². The minimum atomic E-state index is 0.834. The van der Waals surface area contributed by atoms with Gasteiger partial charge in [0.05, 0.1) is 0 Å². The van der Waals surface area contributed by atoms with Crippen LogP contribution in [0.25, 0.3) is 11.8 Å². The van der Waals surface area contributed by atoms with Gasteiger partial charge in [0.15, 0.2) is 0 Å². The molecule has 0 amide bonds. The largest absolute Gasteiger partial charge is 0.372 e. The van der Waals surface area contributed by atoms with E-state index in [4.69, 9.17) is 0 Å². The number of hydrogen-bond donors (Lipinski definition) is 0. The first kappa shape index (κ1) is 21.1. The van der Waals surface area contributed by atoms with Gasteiger partial charge in [-0.25, -0.2) is 0 Å². The zero-order valence-electron chi connectivity index (χ0n) is 18.5. The minimum absolute atomic E-state index is 0.834. The number of likely N-dealkylation sites (tertiary alicyclic amines) is 1. The highest BCUT2D eigenvalue weighted by Crippen LogP contribution is 2.27. The normalized spacial score (nSPS) is 15.4. The van der Waals surface area contributed by atoms with E-state index < -0.39 is 0 Å². The number of nitrogens with zero attached hydrogens (tertiary/aromatic N) is 2. The van der Waals surface area contributed by atoms with Gasteiger partial charge in [-0.15, -0.1) is 0 Å². The highest BCUT2D eigenvalue weighted by Gasteiger charge is 2.18. The smallest absolute Gasteiger partial charge is 0.0444 e. The van der Waals surface area contributed by atoms with Crippen LogP contribution in [0, 0.1) is 19.8 Å². The Morgan fingerprint density at radius 2 is 1.90 bits per heavy atom. The van der Waals surface area contributed by atoms with Crippen molar-refractivity contribution < 1.29 is 0 Å². The van der Waals surface area contributed by atoms with Crippen LogP contribution in [0.4, 0.5) is 0 Å². The summed E-state index contributed by atoms with van der Waals surface area (Å²) in [6, 6.07) is 10.8. The molecule has 0 spiro atoms. The summed E-state index contributed by atoms with van der Waals surface area (Å²) in [5.74, 6) is 0.834. The summed E-state index contributed by atoms with van der Waals surface area (Å²) >= 11 is 0. The highest BCUT2D eigenvalue weighted by atomic mass is 15.1. The molecule has 1 fully saturated rings. The van der Waals surface area contributed by atoms with E-state index >= 15 is 0 Å². The fourth-order valence-electron chi connectivity index (χ4n) is 3.89. The van der Waals surface area contributed by atoms with Crippen molar-refractivity contribution in [2.45, 2.75) is 47.0 Å². The Labute approximate surface area is 176 Å². The van der Waals surface area contributed by atoms with Gasteiger partial charge in [0, 0.05) is 30.7 Å². The van der Waals surface area contributed by atoms with Crippen molar-refractivity contribution in [2.75, 3.05) is 13.1 Å². The van der Waals surface area contributed by atoms with Crippen LogP contribution in [0.2, 0.25) is 0 Å². The van der Waals surface area contributed by atoms with Gasteiger partial charge >= 0.3 is 0 Å². The van der Waals surface area contributed by atoms with Crippen LogP contribution in [0.3, 0.4) is 0 Å². The SMILES string of the molecule is C=C(Cc1ccc(C(=C)N2CCC(C)CC2)cc1C)/C(C)=C/c1cccnc1C. The Morgan fingerprint density at radius 1 is 1.17 bits per heavy atom.